The van der Waals surface area contributed by atoms with Crippen LogP contribution in [-0.4, -0.2) is 4.57 Å². The Balaban J connectivity index is 1.01. The van der Waals surface area contributed by atoms with Crippen molar-refractivity contribution < 1.29 is 4.42 Å². The quantitative estimate of drug-likeness (QED) is 0.188. The third-order valence-corrected chi connectivity index (χ3v) is 11.2. The highest BCUT2D eigenvalue weighted by molar-refractivity contribution is 6.10. The summed E-state index contributed by atoms with van der Waals surface area (Å²) in [6.07, 6.45) is 14.3. The van der Waals surface area contributed by atoms with Crippen molar-refractivity contribution in [2.24, 2.45) is 0 Å². The van der Waals surface area contributed by atoms with Gasteiger partial charge in [0.25, 0.3) is 0 Å². The lowest BCUT2D eigenvalue weighted by atomic mass is 9.90. The Hall–Kier alpha value is -6.32. The number of nitrogens with zero attached hydrogens (tertiary/aromatic N) is 2. The minimum absolute atomic E-state index is 0.325. The molecule has 1 unspecified atom stereocenters. The molecule has 2 aliphatic carbocycles. The maximum atomic E-state index is 6.22. The monoisotopic (exact) mass is 654 g/mol. The van der Waals surface area contributed by atoms with Gasteiger partial charge in [-0.3, -0.25) is 0 Å². The summed E-state index contributed by atoms with van der Waals surface area (Å²) in [6, 6.07) is 49.1. The number of hydrogen-bond donors (Lipinski definition) is 0. The molecule has 0 radical (unpaired) electrons. The first-order chi connectivity index (χ1) is 25.3. The van der Waals surface area contributed by atoms with Crippen LogP contribution in [0.1, 0.15) is 35.6 Å². The molecule has 3 heterocycles. The molecular weight excluding hydrogens is 621 g/mol. The molecule has 1 atom stereocenters. The molecule has 8 aromatic rings. The summed E-state index contributed by atoms with van der Waals surface area (Å²) in [6.45, 7) is 0. The van der Waals surface area contributed by atoms with E-state index in [2.05, 4.69) is 173 Å². The van der Waals surface area contributed by atoms with E-state index in [1.54, 1.807) is 0 Å². The van der Waals surface area contributed by atoms with Crippen LogP contribution < -0.4 is 4.90 Å². The highest BCUT2D eigenvalue weighted by Crippen LogP contribution is 2.52. The summed E-state index contributed by atoms with van der Waals surface area (Å²) in [4.78, 5) is 2.48. The smallest absolute Gasteiger partial charge is 0.135 e. The van der Waals surface area contributed by atoms with Gasteiger partial charge in [-0.15, -0.1) is 0 Å². The molecule has 3 aliphatic rings. The van der Waals surface area contributed by atoms with Crippen LogP contribution in [0.3, 0.4) is 0 Å². The predicted molar refractivity (Wildman–Crippen MR) is 212 cm³/mol. The highest BCUT2D eigenvalue weighted by Gasteiger charge is 2.35. The number of rotatable bonds is 4. The predicted octanol–water partition coefficient (Wildman–Crippen LogP) is 12.9. The lowest BCUT2D eigenvalue weighted by molar-refractivity contribution is 0.595. The summed E-state index contributed by atoms with van der Waals surface area (Å²) in [5, 5.41) is 3.77. The molecule has 0 bridgehead atoms. The normalized spacial score (nSPS) is 16.1. The van der Waals surface area contributed by atoms with Gasteiger partial charge >= 0.3 is 0 Å². The van der Waals surface area contributed by atoms with Crippen LogP contribution in [0.5, 0.6) is 0 Å². The Kier molecular flexibility index (Phi) is 6.20. The Bertz CT molecular complexity index is 2770. The molecule has 0 saturated heterocycles. The topological polar surface area (TPSA) is 21.3 Å². The summed E-state index contributed by atoms with van der Waals surface area (Å²) in [5.41, 5.74) is 16.1. The van der Waals surface area contributed by atoms with Gasteiger partial charge in [0, 0.05) is 50.4 Å². The molecule has 1 aliphatic heterocycles. The summed E-state index contributed by atoms with van der Waals surface area (Å²) in [5.74, 6) is 1.34. The van der Waals surface area contributed by atoms with Crippen LogP contribution in [0.4, 0.5) is 11.4 Å². The van der Waals surface area contributed by atoms with Crippen LogP contribution >= 0.6 is 0 Å². The second kappa shape index (κ2) is 11.1. The van der Waals surface area contributed by atoms with Crippen LogP contribution in [0.25, 0.3) is 66.8 Å². The molecule has 11 rings (SSSR count). The van der Waals surface area contributed by atoms with Crippen molar-refractivity contribution in [1.29, 1.82) is 0 Å². The van der Waals surface area contributed by atoms with E-state index in [1.165, 1.54) is 83.3 Å². The molecule has 0 fully saturated rings. The number of aryl methyl sites for hydroxylation is 1. The minimum Gasteiger partial charge on any atom is -0.456 e. The number of para-hydroxylation sites is 1. The van der Waals surface area contributed by atoms with Gasteiger partial charge in [0.15, 0.2) is 0 Å². The highest BCUT2D eigenvalue weighted by atomic mass is 16.3. The fourth-order valence-electron chi connectivity index (χ4n) is 8.75. The number of benzene rings is 6. The van der Waals surface area contributed by atoms with Gasteiger partial charge in [0.2, 0.25) is 0 Å². The zero-order chi connectivity index (χ0) is 33.5. The molecule has 6 aromatic carbocycles. The van der Waals surface area contributed by atoms with E-state index >= 15 is 0 Å². The molecule has 3 heteroatoms. The fourth-order valence-corrected chi connectivity index (χ4v) is 8.75. The Morgan fingerprint density at radius 1 is 0.588 bits per heavy atom. The van der Waals surface area contributed by atoms with E-state index in [0.717, 1.165) is 30.6 Å². The number of fused-ring (bicyclic) bond motifs is 9. The first-order valence-corrected chi connectivity index (χ1v) is 18.0. The first kappa shape index (κ1) is 28.5. The molecule has 0 amide bonds. The van der Waals surface area contributed by atoms with Gasteiger partial charge < -0.3 is 13.9 Å². The number of allylic oxidation sites excluding steroid dienone is 5. The Morgan fingerprint density at radius 2 is 1.35 bits per heavy atom. The Labute approximate surface area is 296 Å². The van der Waals surface area contributed by atoms with Gasteiger partial charge in [-0.25, -0.2) is 0 Å². The van der Waals surface area contributed by atoms with Gasteiger partial charge in [0.05, 0.1) is 11.0 Å². The number of furan rings is 1. The molecule has 0 N–H and O–H groups in total. The fraction of sp³-hybridized carbons (Fsp3) is 0.0833. The zero-order valence-electron chi connectivity index (χ0n) is 28.1. The minimum atomic E-state index is 0.325. The van der Waals surface area contributed by atoms with Gasteiger partial charge in [-0.05, 0) is 120 Å². The molecule has 51 heavy (non-hydrogen) atoms. The van der Waals surface area contributed by atoms with Crippen LogP contribution in [0, 0.1) is 0 Å². The van der Waals surface area contributed by atoms with Crippen molar-refractivity contribution in [3.8, 4) is 27.9 Å². The number of anilines is 2. The molecule has 242 valence electrons. The molecule has 0 spiro atoms. The lowest BCUT2D eigenvalue weighted by Crippen LogP contribution is -2.14. The second-order valence-corrected chi connectivity index (χ2v) is 14.0. The van der Waals surface area contributed by atoms with E-state index in [-0.39, 0.29) is 0 Å². The third kappa shape index (κ3) is 4.38. The SMILES string of the molecule is C1=CCC2C(=C1)N(c1ccc3oc4c(c3c1)CCC=C4)c1ccc(-c3ccc4c(c3)c3ccccc3n4-c3ccc(-c4ccccc4)cc3)cc12. The average Bonchev–Trinajstić information content (AvgIpc) is 3.85. The second-order valence-electron chi connectivity index (χ2n) is 14.0. The maximum absolute atomic E-state index is 6.22. The van der Waals surface area contributed by atoms with E-state index < -0.39 is 0 Å². The van der Waals surface area contributed by atoms with E-state index in [1.807, 2.05) is 0 Å². The largest absolute Gasteiger partial charge is 0.456 e. The summed E-state index contributed by atoms with van der Waals surface area (Å²) >= 11 is 0. The van der Waals surface area contributed by atoms with Gasteiger partial charge in [0.1, 0.15) is 11.3 Å². The van der Waals surface area contributed by atoms with Crippen molar-refractivity contribution in [2.45, 2.75) is 25.2 Å². The zero-order valence-corrected chi connectivity index (χ0v) is 28.1. The van der Waals surface area contributed by atoms with Crippen LogP contribution in [0.2, 0.25) is 0 Å². The molecule has 3 nitrogen and oxygen atoms in total. The van der Waals surface area contributed by atoms with Crippen LogP contribution in [0.15, 0.2) is 168 Å². The van der Waals surface area contributed by atoms with Crippen molar-refractivity contribution in [3.63, 3.8) is 0 Å². The van der Waals surface area contributed by atoms with Gasteiger partial charge in [-0.2, -0.15) is 0 Å². The number of aromatic nitrogens is 1. The van der Waals surface area contributed by atoms with E-state index in [9.17, 15) is 0 Å². The van der Waals surface area contributed by atoms with E-state index in [0.29, 0.717) is 5.92 Å². The lowest BCUT2D eigenvalue weighted by Gasteiger charge is -2.24. The van der Waals surface area contributed by atoms with Crippen molar-refractivity contribution in [1.82, 2.24) is 4.57 Å². The van der Waals surface area contributed by atoms with Crippen LogP contribution in [-0.2, 0) is 6.42 Å². The van der Waals surface area contributed by atoms with Crippen molar-refractivity contribution in [3.05, 3.63) is 180 Å². The molecular formula is C48H34N2O. The average molecular weight is 655 g/mol. The van der Waals surface area contributed by atoms with Gasteiger partial charge in [-0.1, -0.05) is 91.0 Å². The van der Waals surface area contributed by atoms with E-state index in [4.69, 9.17) is 4.42 Å². The molecule has 0 saturated carbocycles. The summed E-state index contributed by atoms with van der Waals surface area (Å²) < 4.78 is 8.62. The van der Waals surface area contributed by atoms with Crippen molar-refractivity contribution in [2.75, 3.05) is 4.90 Å². The summed E-state index contributed by atoms with van der Waals surface area (Å²) in [7, 11) is 0. The first-order valence-electron chi connectivity index (χ1n) is 18.0. The maximum Gasteiger partial charge on any atom is 0.135 e. The standard InChI is InChI=1S/C48H34N2O/c1-2-10-31(11-3-1)32-18-22-35(23-19-32)49-43-15-7-4-12-37(43)40-28-33(20-25-45(40)49)34-21-26-46-41(29-34)38-13-5-8-16-44(38)50(46)36-24-27-48-42(30-36)39-14-6-9-17-47(39)51-48/h1-5,7-12,15-30,38H,6,13-14H2. The Morgan fingerprint density at radius 3 is 2.27 bits per heavy atom. The van der Waals surface area contributed by atoms with Crippen molar-refractivity contribution >= 4 is 50.2 Å². The third-order valence-electron chi connectivity index (χ3n) is 11.2. The molecule has 2 aromatic heterocycles. The number of hydrogen-bond acceptors (Lipinski definition) is 2.